The standard InChI is InChI=1S/C23H29N5O2/c1-23(2,3)22-24-18(15-29-4)14-19(25-22)28-12-10-17(11-13-28)21-26-20(27-30-21)16-8-6-5-7-9-16/h5-9,14,17H,10-13,15H2,1-4H3. The first kappa shape index (κ1) is 20.5. The van der Waals surface area contributed by atoms with Crippen LogP contribution in [0.1, 0.15) is 56.9 Å². The van der Waals surface area contributed by atoms with Gasteiger partial charge in [-0.25, -0.2) is 9.97 Å². The number of ether oxygens (including phenoxy) is 1. The molecule has 3 aromatic rings. The number of hydrogen-bond acceptors (Lipinski definition) is 7. The molecule has 1 aliphatic heterocycles. The minimum atomic E-state index is -0.117. The Morgan fingerprint density at radius 2 is 1.80 bits per heavy atom. The van der Waals surface area contributed by atoms with Gasteiger partial charge in [-0.05, 0) is 12.8 Å². The summed E-state index contributed by atoms with van der Waals surface area (Å²) in [5, 5.41) is 4.18. The van der Waals surface area contributed by atoms with Crippen molar-refractivity contribution >= 4 is 5.82 Å². The summed E-state index contributed by atoms with van der Waals surface area (Å²) in [6.45, 7) is 8.67. The molecule has 0 atom stereocenters. The van der Waals surface area contributed by atoms with Gasteiger partial charge in [0.2, 0.25) is 11.7 Å². The molecule has 0 unspecified atom stereocenters. The second-order valence-electron chi connectivity index (χ2n) is 8.81. The monoisotopic (exact) mass is 407 g/mol. The van der Waals surface area contributed by atoms with E-state index >= 15 is 0 Å². The highest BCUT2D eigenvalue weighted by Crippen LogP contribution is 2.31. The maximum Gasteiger partial charge on any atom is 0.230 e. The van der Waals surface area contributed by atoms with E-state index in [1.165, 1.54) is 0 Å². The Balaban J connectivity index is 1.47. The Labute approximate surface area is 177 Å². The van der Waals surface area contributed by atoms with Crippen molar-refractivity contribution in [3.63, 3.8) is 0 Å². The summed E-state index contributed by atoms with van der Waals surface area (Å²) in [7, 11) is 1.69. The molecule has 0 bridgehead atoms. The van der Waals surface area contributed by atoms with Crippen molar-refractivity contribution in [2.75, 3.05) is 25.1 Å². The Morgan fingerprint density at radius 3 is 2.47 bits per heavy atom. The SMILES string of the molecule is COCc1cc(N2CCC(c3nc(-c4ccccc4)no3)CC2)nc(C(C)(C)C)n1. The predicted molar refractivity (Wildman–Crippen MR) is 115 cm³/mol. The first-order valence-electron chi connectivity index (χ1n) is 10.5. The van der Waals surface area contributed by atoms with Gasteiger partial charge in [0.25, 0.3) is 0 Å². The molecule has 0 aliphatic carbocycles. The number of anilines is 1. The maximum absolute atomic E-state index is 5.59. The summed E-state index contributed by atoms with van der Waals surface area (Å²) >= 11 is 0. The zero-order chi connectivity index (χ0) is 21.1. The summed E-state index contributed by atoms with van der Waals surface area (Å²) < 4.78 is 10.9. The van der Waals surface area contributed by atoms with Gasteiger partial charge in [-0.15, -0.1) is 0 Å². The highest BCUT2D eigenvalue weighted by atomic mass is 16.5. The quantitative estimate of drug-likeness (QED) is 0.622. The van der Waals surface area contributed by atoms with E-state index in [9.17, 15) is 0 Å². The lowest BCUT2D eigenvalue weighted by Crippen LogP contribution is -2.34. The molecule has 0 N–H and O–H groups in total. The molecule has 0 saturated carbocycles. The fourth-order valence-electron chi connectivity index (χ4n) is 3.66. The summed E-state index contributed by atoms with van der Waals surface area (Å²) in [6, 6.07) is 12.0. The van der Waals surface area contributed by atoms with E-state index in [2.05, 4.69) is 40.8 Å². The fourth-order valence-corrected chi connectivity index (χ4v) is 3.66. The molecule has 0 radical (unpaired) electrons. The average molecular weight is 408 g/mol. The Bertz CT molecular complexity index is 973. The predicted octanol–water partition coefficient (Wildman–Crippen LogP) is 4.35. The van der Waals surface area contributed by atoms with Crippen LogP contribution in [0.15, 0.2) is 40.9 Å². The van der Waals surface area contributed by atoms with E-state index in [-0.39, 0.29) is 11.3 Å². The molecule has 0 spiro atoms. The number of benzene rings is 1. The Hall–Kier alpha value is -2.80. The van der Waals surface area contributed by atoms with Crippen molar-refractivity contribution in [3.05, 3.63) is 53.8 Å². The van der Waals surface area contributed by atoms with Gasteiger partial charge in [-0.2, -0.15) is 4.98 Å². The number of nitrogens with zero attached hydrogens (tertiary/aromatic N) is 5. The first-order valence-corrected chi connectivity index (χ1v) is 10.5. The second-order valence-corrected chi connectivity index (χ2v) is 8.81. The average Bonchev–Trinajstić information content (AvgIpc) is 3.24. The Morgan fingerprint density at radius 1 is 1.07 bits per heavy atom. The molecular weight excluding hydrogens is 378 g/mol. The zero-order valence-corrected chi connectivity index (χ0v) is 18.1. The molecule has 0 amide bonds. The molecule has 1 saturated heterocycles. The Kier molecular flexibility index (Phi) is 5.81. The number of aromatic nitrogens is 4. The highest BCUT2D eigenvalue weighted by molar-refractivity contribution is 5.53. The van der Waals surface area contributed by atoms with Crippen LogP contribution in [-0.2, 0) is 16.8 Å². The van der Waals surface area contributed by atoms with Crippen molar-refractivity contribution in [1.82, 2.24) is 20.1 Å². The molecule has 7 nitrogen and oxygen atoms in total. The van der Waals surface area contributed by atoms with E-state index in [4.69, 9.17) is 14.2 Å². The number of methoxy groups -OCH3 is 1. The van der Waals surface area contributed by atoms with E-state index < -0.39 is 0 Å². The summed E-state index contributed by atoms with van der Waals surface area (Å²) in [4.78, 5) is 16.5. The van der Waals surface area contributed by atoms with E-state index in [0.29, 0.717) is 12.4 Å². The number of piperidine rings is 1. The lowest BCUT2D eigenvalue weighted by Gasteiger charge is -2.32. The van der Waals surface area contributed by atoms with Gasteiger partial charge in [0.1, 0.15) is 11.6 Å². The lowest BCUT2D eigenvalue weighted by molar-refractivity contribution is 0.181. The van der Waals surface area contributed by atoms with Crippen LogP contribution >= 0.6 is 0 Å². The normalized spacial score (nSPS) is 15.5. The van der Waals surface area contributed by atoms with Crippen LogP contribution in [0.4, 0.5) is 5.82 Å². The minimum absolute atomic E-state index is 0.117. The van der Waals surface area contributed by atoms with Gasteiger partial charge in [0.15, 0.2) is 0 Å². The topological polar surface area (TPSA) is 77.2 Å². The van der Waals surface area contributed by atoms with Crippen LogP contribution < -0.4 is 4.90 Å². The van der Waals surface area contributed by atoms with Crippen molar-refractivity contribution in [3.8, 4) is 11.4 Å². The van der Waals surface area contributed by atoms with Crippen molar-refractivity contribution in [2.45, 2.75) is 51.6 Å². The molecule has 158 valence electrons. The van der Waals surface area contributed by atoms with Crippen LogP contribution in [0, 0.1) is 0 Å². The number of hydrogen-bond donors (Lipinski definition) is 0. The maximum atomic E-state index is 5.59. The third-order valence-electron chi connectivity index (χ3n) is 5.37. The third kappa shape index (κ3) is 4.51. The number of rotatable bonds is 5. The lowest BCUT2D eigenvalue weighted by atomic mass is 9.95. The molecule has 1 aromatic carbocycles. The van der Waals surface area contributed by atoms with Crippen LogP contribution in [-0.4, -0.2) is 40.3 Å². The molecule has 1 aliphatic rings. The van der Waals surface area contributed by atoms with Crippen molar-refractivity contribution < 1.29 is 9.26 Å². The van der Waals surface area contributed by atoms with Crippen LogP contribution in [0.2, 0.25) is 0 Å². The van der Waals surface area contributed by atoms with Gasteiger partial charge in [-0.3, -0.25) is 0 Å². The van der Waals surface area contributed by atoms with Gasteiger partial charge < -0.3 is 14.2 Å². The van der Waals surface area contributed by atoms with E-state index in [0.717, 1.165) is 54.7 Å². The van der Waals surface area contributed by atoms with Crippen LogP contribution in [0.3, 0.4) is 0 Å². The molecule has 3 heterocycles. The summed E-state index contributed by atoms with van der Waals surface area (Å²) in [6.07, 6.45) is 1.90. The minimum Gasteiger partial charge on any atom is -0.378 e. The third-order valence-corrected chi connectivity index (χ3v) is 5.37. The van der Waals surface area contributed by atoms with E-state index in [1.54, 1.807) is 7.11 Å². The summed E-state index contributed by atoms with van der Waals surface area (Å²) in [5.41, 5.74) is 1.78. The van der Waals surface area contributed by atoms with E-state index in [1.807, 2.05) is 36.4 Å². The first-order chi connectivity index (χ1) is 14.4. The molecule has 2 aromatic heterocycles. The molecule has 1 fully saturated rings. The summed E-state index contributed by atoms with van der Waals surface area (Å²) in [5.74, 6) is 3.47. The fraction of sp³-hybridized carbons (Fsp3) is 0.478. The molecular formula is C23H29N5O2. The molecule has 30 heavy (non-hydrogen) atoms. The van der Waals surface area contributed by atoms with Crippen LogP contribution in [0.5, 0.6) is 0 Å². The van der Waals surface area contributed by atoms with Gasteiger partial charge in [0, 0.05) is 43.2 Å². The van der Waals surface area contributed by atoms with Crippen LogP contribution in [0.25, 0.3) is 11.4 Å². The van der Waals surface area contributed by atoms with Crippen molar-refractivity contribution in [2.24, 2.45) is 0 Å². The van der Waals surface area contributed by atoms with Gasteiger partial charge in [0.05, 0.1) is 12.3 Å². The molecule has 7 heteroatoms. The van der Waals surface area contributed by atoms with Gasteiger partial charge >= 0.3 is 0 Å². The highest BCUT2D eigenvalue weighted by Gasteiger charge is 2.27. The zero-order valence-electron chi connectivity index (χ0n) is 18.1. The molecule has 4 rings (SSSR count). The smallest absolute Gasteiger partial charge is 0.230 e. The second kappa shape index (κ2) is 8.52. The van der Waals surface area contributed by atoms with Gasteiger partial charge in [-0.1, -0.05) is 56.3 Å². The largest absolute Gasteiger partial charge is 0.378 e. The van der Waals surface area contributed by atoms with Crippen molar-refractivity contribution in [1.29, 1.82) is 0 Å².